The van der Waals surface area contributed by atoms with Crippen LogP contribution in [0.1, 0.15) is 49.4 Å². The molecule has 1 aliphatic carbocycles. The third-order valence-corrected chi connectivity index (χ3v) is 2.90. The zero-order valence-corrected chi connectivity index (χ0v) is 8.82. The molecule has 1 aromatic rings. The van der Waals surface area contributed by atoms with Crippen LogP contribution in [-0.4, -0.2) is 16.1 Å². The largest absolute Gasteiger partial charge is 0.481 e. The van der Waals surface area contributed by atoms with Gasteiger partial charge in [-0.2, -0.15) is 0 Å². The minimum atomic E-state index is -0.860. The lowest BCUT2D eigenvalue weighted by Gasteiger charge is -2.21. The Morgan fingerprint density at radius 3 is 2.80 bits per heavy atom. The van der Waals surface area contributed by atoms with Crippen LogP contribution < -0.4 is 0 Å². The molecule has 1 N–H and O–H groups in total. The molecule has 4 nitrogen and oxygen atoms in total. The van der Waals surface area contributed by atoms with Gasteiger partial charge in [-0.25, -0.2) is 4.98 Å². The first-order chi connectivity index (χ1) is 7.20. The lowest BCUT2D eigenvalue weighted by molar-refractivity contribution is -0.136. The molecule has 15 heavy (non-hydrogen) atoms. The molecule has 0 aliphatic heterocycles. The third kappa shape index (κ3) is 2.03. The minimum Gasteiger partial charge on any atom is -0.481 e. The number of aryl methyl sites for hydroxylation is 1. The quantitative estimate of drug-likeness (QED) is 0.825. The van der Waals surface area contributed by atoms with Crippen molar-refractivity contribution in [1.82, 2.24) is 4.98 Å². The third-order valence-electron chi connectivity index (χ3n) is 2.90. The number of carboxylic acids is 1. The summed E-state index contributed by atoms with van der Waals surface area (Å²) >= 11 is 0. The van der Waals surface area contributed by atoms with Crippen LogP contribution in [-0.2, 0) is 17.6 Å². The molecule has 0 unspecified atom stereocenters. The molecular weight excluding hydrogens is 194 g/mol. The first-order valence-electron chi connectivity index (χ1n) is 5.41. The van der Waals surface area contributed by atoms with Crippen LogP contribution in [0, 0.1) is 0 Å². The molecule has 0 radical (unpaired) electrons. The van der Waals surface area contributed by atoms with Crippen molar-refractivity contribution < 1.29 is 14.3 Å². The van der Waals surface area contributed by atoms with Crippen molar-refractivity contribution in [2.45, 2.75) is 44.9 Å². The van der Waals surface area contributed by atoms with Gasteiger partial charge in [-0.3, -0.25) is 4.79 Å². The van der Waals surface area contributed by atoms with E-state index in [-0.39, 0.29) is 6.42 Å². The summed E-state index contributed by atoms with van der Waals surface area (Å²) in [7, 11) is 0. The average molecular weight is 209 g/mol. The van der Waals surface area contributed by atoms with Crippen molar-refractivity contribution in [1.29, 1.82) is 0 Å². The first kappa shape index (κ1) is 10.2. The Morgan fingerprint density at radius 2 is 2.33 bits per heavy atom. The summed E-state index contributed by atoms with van der Waals surface area (Å²) in [6.45, 7) is 1.97. The maximum Gasteiger partial charge on any atom is 0.311 e. The van der Waals surface area contributed by atoms with Gasteiger partial charge in [0.15, 0.2) is 5.89 Å². The van der Waals surface area contributed by atoms with Crippen LogP contribution in [0.3, 0.4) is 0 Å². The highest BCUT2D eigenvalue weighted by Gasteiger charge is 2.26. The summed E-state index contributed by atoms with van der Waals surface area (Å²) in [6.07, 6.45) is 4.15. The van der Waals surface area contributed by atoms with E-state index in [2.05, 4.69) is 4.98 Å². The monoisotopic (exact) mass is 209 g/mol. The minimum absolute atomic E-state index is 0.0527. The number of aromatic nitrogens is 1. The molecule has 0 spiro atoms. The van der Waals surface area contributed by atoms with Crippen LogP contribution >= 0.6 is 0 Å². The van der Waals surface area contributed by atoms with Gasteiger partial charge in [0, 0.05) is 5.92 Å². The van der Waals surface area contributed by atoms with Crippen molar-refractivity contribution in [2.75, 3.05) is 0 Å². The highest BCUT2D eigenvalue weighted by atomic mass is 16.4. The summed E-state index contributed by atoms with van der Waals surface area (Å²) in [5.74, 6) is 0.847. The Hall–Kier alpha value is -1.32. The molecule has 1 aliphatic rings. The van der Waals surface area contributed by atoms with E-state index in [0.29, 0.717) is 11.7 Å². The van der Waals surface area contributed by atoms with Crippen molar-refractivity contribution in [3.8, 4) is 0 Å². The van der Waals surface area contributed by atoms with Crippen molar-refractivity contribution in [3.63, 3.8) is 0 Å². The lowest BCUT2D eigenvalue weighted by Crippen LogP contribution is -2.08. The molecule has 0 atom stereocenters. The molecular formula is C11H15NO3. The van der Waals surface area contributed by atoms with Crippen molar-refractivity contribution in [2.24, 2.45) is 0 Å². The van der Waals surface area contributed by atoms with Gasteiger partial charge < -0.3 is 9.52 Å². The van der Waals surface area contributed by atoms with Crippen LogP contribution in [0.5, 0.6) is 0 Å². The van der Waals surface area contributed by atoms with E-state index in [1.165, 1.54) is 6.42 Å². The van der Waals surface area contributed by atoms with Crippen LogP contribution in [0.15, 0.2) is 4.42 Å². The number of carbonyl (C=O) groups is 1. The second kappa shape index (κ2) is 4.04. The van der Waals surface area contributed by atoms with E-state index in [0.717, 1.165) is 30.8 Å². The molecule has 82 valence electrons. The van der Waals surface area contributed by atoms with E-state index in [4.69, 9.17) is 9.52 Å². The molecule has 0 saturated heterocycles. The van der Waals surface area contributed by atoms with Crippen molar-refractivity contribution in [3.05, 3.63) is 17.3 Å². The Kier molecular flexibility index (Phi) is 2.75. The number of aliphatic carboxylic acids is 1. The Balaban J connectivity index is 2.19. The summed E-state index contributed by atoms with van der Waals surface area (Å²) in [4.78, 5) is 15.0. The summed E-state index contributed by atoms with van der Waals surface area (Å²) < 4.78 is 5.53. The normalized spacial score (nSPS) is 16.3. The number of nitrogens with zero attached hydrogens (tertiary/aromatic N) is 1. The smallest absolute Gasteiger partial charge is 0.311 e. The van der Waals surface area contributed by atoms with Crippen LogP contribution in [0.4, 0.5) is 0 Å². The molecule has 1 fully saturated rings. The number of rotatable bonds is 4. The van der Waals surface area contributed by atoms with Gasteiger partial charge in [-0.1, -0.05) is 13.3 Å². The van der Waals surface area contributed by atoms with Crippen molar-refractivity contribution >= 4 is 5.97 Å². The highest BCUT2D eigenvalue weighted by molar-refractivity contribution is 5.69. The SMILES string of the molecule is CCc1nc(C2CCC2)oc1CC(=O)O. The van der Waals surface area contributed by atoms with E-state index in [1.54, 1.807) is 0 Å². The van der Waals surface area contributed by atoms with Gasteiger partial charge >= 0.3 is 5.97 Å². The predicted molar refractivity (Wildman–Crippen MR) is 53.8 cm³/mol. The Bertz CT molecular complexity index is 366. The molecule has 1 saturated carbocycles. The summed E-state index contributed by atoms with van der Waals surface area (Å²) in [5.41, 5.74) is 0.805. The highest BCUT2D eigenvalue weighted by Crippen LogP contribution is 2.36. The van der Waals surface area contributed by atoms with Gasteiger partial charge in [0.2, 0.25) is 0 Å². The van der Waals surface area contributed by atoms with Gasteiger partial charge in [-0.15, -0.1) is 0 Å². The second-order valence-corrected chi connectivity index (χ2v) is 3.97. The molecule has 1 aromatic heterocycles. The Labute approximate surface area is 88.3 Å². The van der Waals surface area contributed by atoms with Gasteiger partial charge in [-0.05, 0) is 19.3 Å². The zero-order chi connectivity index (χ0) is 10.8. The lowest BCUT2D eigenvalue weighted by atomic mass is 9.85. The number of hydrogen-bond donors (Lipinski definition) is 1. The maximum absolute atomic E-state index is 10.6. The fourth-order valence-electron chi connectivity index (χ4n) is 1.78. The summed E-state index contributed by atoms with van der Waals surface area (Å²) in [6, 6.07) is 0. The fraction of sp³-hybridized carbons (Fsp3) is 0.636. The molecule has 1 heterocycles. The van der Waals surface area contributed by atoms with E-state index < -0.39 is 5.97 Å². The Morgan fingerprint density at radius 1 is 1.60 bits per heavy atom. The number of oxazole rings is 1. The molecule has 0 bridgehead atoms. The average Bonchev–Trinajstić information content (AvgIpc) is 2.43. The summed E-state index contributed by atoms with van der Waals surface area (Å²) in [5, 5.41) is 8.72. The van der Waals surface area contributed by atoms with Crippen LogP contribution in [0.2, 0.25) is 0 Å². The molecule has 4 heteroatoms. The van der Waals surface area contributed by atoms with E-state index in [9.17, 15) is 4.79 Å². The van der Waals surface area contributed by atoms with E-state index >= 15 is 0 Å². The van der Waals surface area contributed by atoms with E-state index in [1.807, 2.05) is 6.92 Å². The number of carboxylic acid groups (broad SMARTS) is 1. The van der Waals surface area contributed by atoms with Crippen LogP contribution in [0.25, 0.3) is 0 Å². The molecule has 2 rings (SSSR count). The van der Waals surface area contributed by atoms with Gasteiger partial charge in [0.1, 0.15) is 12.2 Å². The fourth-order valence-corrected chi connectivity index (χ4v) is 1.78. The molecule has 0 aromatic carbocycles. The van der Waals surface area contributed by atoms with Gasteiger partial charge in [0.05, 0.1) is 5.69 Å². The first-order valence-corrected chi connectivity index (χ1v) is 5.41. The maximum atomic E-state index is 10.6. The standard InChI is InChI=1S/C11H15NO3/c1-2-8-9(6-10(13)14)15-11(12-8)7-4-3-5-7/h7H,2-6H2,1H3,(H,13,14). The number of hydrogen-bond acceptors (Lipinski definition) is 3. The predicted octanol–water partition coefficient (Wildman–Crippen LogP) is 2.13. The van der Waals surface area contributed by atoms with Gasteiger partial charge in [0.25, 0.3) is 0 Å². The topological polar surface area (TPSA) is 63.3 Å². The molecule has 0 amide bonds. The second-order valence-electron chi connectivity index (χ2n) is 3.97. The zero-order valence-electron chi connectivity index (χ0n) is 8.82.